The maximum atomic E-state index is 13.4. The van der Waals surface area contributed by atoms with E-state index in [1.807, 2.05) is 6.92 Å². The Morgan fingerprint density at radius 1 is 1.29 bits per heavy atom. The Morgan fingerprint density at radius 3 is 2.71 bits per heavy atom. The molecule has 34 heavy (non-hydrogen) atoms. The van der Waals surface area contributed by atoms with Crippen molar-refractivity contribution in [2.24, 2.45) is 0 Å². The Kier molecular flexibility index (Phi) is 9.92. The van der Waals surface area contributed by atoms with Crippen molar-refractivity contribution in [1.29, 1.82) is 0 Å². The van der Waals surface area contributed by atoms with E-state index in [2.05, 4.69) is 20.0 Å². The number of carbonyl (C=O) groups is 2. The van der Waals surface area contributed by atoms with Crippen LogP contribution in [-0.2, 0) is 34.7 Å². The number of esters is 1. The molecule has 2 rings (SSSR count). The van der Waals surface area contributed by atoms with Crippen LogP contribution in [0.4, 0.5) is 5.82 Å². The van der Waals surface area contributed by atoms with Gasteiger partial charge in [0.05, 0.1) is 25.6 Å². The molecule has 0 radical (unpaired) electrons. The minimum Gasteiger partial charge on any atom is -0.480 e. The average molecular weight is 500 g/mol. The zero-order valence-electron chi connectivity index (χ0n) is 19.9. The third-order valence-corrected chi connectivity index (χ3v) is 6.73. The molecule has 2 aromatic heterocycles. The first kappa shape index (κ1) is 27.6. The van der Waals surface area contributed by atoms with Gasteiger partial charge in [-0.25, -0.2) is 24.8 Å². The van der Waals surface area contributed by atoms with Gasteiger partial charge in [-0.3, -0.25) is 9.36 Å². The van der Waals surface area contributed by atoms with E-state index in [1.165, 1.54) is 26.5 Å². The lowest BCUT2D eigenvalue weighted by Gasteiger charge is -2.28. The van der Waals surface area contributed by atoms with Gasteiger partial charge < -0.3 is 29.4 Å². The fraction of sp³-hybridized carbons (Fsp3) is 0.650. The van der Waals surface area contributed by atoms with Crippen LogP contribution in [0, 0.1) is 0 Å². The van der Waals surface area contributed by atoms with Gasteiger partial charge in [-0.05, 0) is 27.2 Å². The number of nitrogen functional groups attached to an aromatic ring is 1. The van der Waals surface area contributed by atoms with E-state index in [9.17, 15) is 19.3 Å². The van der Waals surface area contributed by atoms with Gasteiger partial charge in [0.15, 0.2) is 18.1 Å². The lowest BCUT2D eigenvalue weighted by Crippen LogP contribution is -2.46. The highest BCUT2D eigenvalue weighted by molar-refractivity contribution is 7.56. The molecule has 4 N–H and O–H groups in total. The number of carboxylic acids is 1. The van der Waals surface area contributed by atoms with Crippen LogP contribution in [0.5, 0.6) is 0 Å². The summed E-state index contributed by atoms with van der Waals surface area (Å²) in [6, 6.07) is 0. The van der Waals surface area contributed by atoms with Gasteiger partial charge in [0.2, 0.25) is 0 Å². The quantitative estimate of drug-likeness (QED) is 0.184. The Labute approximate surface area is 197 Å². The number of carbonyl (C=O) groups excluding carboxylic acids is 1. The number of nitrogens with one attached hydrogen (secondary N) is 1. The zero-order chi connectivity index (χ0) is 25.4. The van der Waals surface area contributed by atoms with Crippen molar-refractivity contribution in [3.63, 3.8) is 0 Å². The molecule has 0 spiro atoms. The minimum atomic E-state index is -3.92. The number of ether oxygens (including phenoxy) is 2. The van der Waals surface area contributed by atoms with Crippen LogP contribution in [0.2, 0.25) is 0 Å². The van der Waals surface area contributed by atoms with Crippen molar-refractivity contribution in [3.05, 3.63) is 12.7 Å². The van der Waals surface area contributed by atoms with Gasteiger partial charge in [-0.2, -0.15) is 0 Å². The molecule has 0 aliphatic rings. The molecule has 0 aliphatic heterocycles. The summed E-state index contributed by atoms with van der Waals surface area (Å²) in [5.74, 6) is -1.69. The van der Waals surface area contributed by atoms with Crippen LogP contribution in [0.3, 0.4) is 0 Å². The number of aromatic nitrogens is 4. The summed E-state index contributed by atoms with van der Waals surface area (Å²) in [4.78, 5) is 35.7. The highest BCUT2D eigenvalue weighted by atomic mass is 31.2. The number of hydrogen-bond acceptors (Lipinski definition) is 10. The Balaban J connectivity index is 2.02. The highest BCUT2D eigenvalue weighted by Gasteiger charge is 2.38. The fourth-order valence-electron chi connectivity index (χ4n) is 2.90. The van der Waals surface area contributed by atoms with Gasteiger partial charge in [0, 0.05) is 0 Å². The predicted molar refractivity (Wildman–Crippen MR) is 124 cm³/mol. The van der Waals surface area contributed by atoms with Crippen molar-refractivity contribution >= 4 is 36.4 Å². The molecule has 0 unspecified atom stereocenters. The molecule has 13 nitrogen and oxygen atoms in total. The molecule has 2 heterocycles. The molecule has 0 fully saturated rings. The van der Waals surface area contributed by atoms with E-state index in [0.717, 1.165) is 12.8 Å². The number of nitrogens with zero attached hydrogens (tertiary/aromatic N) is 4. The molecule has 14 heteroatoms. The second-order valence-electron chi connectivity index (χ2n) is 8.35. The fourth-order valence-corrected chi connectivity index (χ4v) is 4.82. The summed E-state index contributed by atoms with van der Waals surface area (Å²) in [5, 5.41) is 11.9. The van der Waals surface area contributed by atoms with Gasteiger partial charge in [-0.15, -0.1) is 0 Å². The number of carboxylic acid groups (broad SMARTS) is 1. The first-order valence-electron chi connectivity index (χ1n) is 10.9. The third-order valence-electron chi connectivity index (χ3n) is 4.80. The number of nitrogens with two attached hydrogens (primary N) is 1. The molecule has 0 saturated carbocycles. The molecule has 2 aromatic rings. The standard InChI is InChI=1S/C20H33N6O7P/c1-5-6-7-8-31-15(27)10-33-34(30,25-20(3,4)19(28)29)13-32-14(2)9-26-12-24-16-17(21)22-11-23-18(16)26/h11-12,14H,5-10,13H2,1-4H3,(H,25,30)(H,28,29)(H2,21,22,23)/t14-,34-/m1/s1. The lowest BCUT2D eigenvalue weighted by molar-refractivity contribution is -0.146. The average Bonchev–Trinajstić information content (AvgIpc) is 3.18. The lowest BCUT2D eigenvalue weighted by atomic mass is 10.1. The number of anilines is 1. The number of imidazole rings is 1. The molecule has 0 amide bonds. The molecule has 0 bridgehead atoms. The van der Waals surface area contributed by atoms with E-state index < -0.39 is 44.1 Å². The summed E-state index contributed by atoms with van der Waals surface area (Å²) in [7, 11) is -3.92. The summed E-state index contributed by atoms with van der Waals surface area (Å²) in [5.41, 5.74) is 5.16. The van der Waals surface area contributed by atoms with Crippen molar-refractivity contribution < 1.29 is 33.3 Å². The second kappa shape index (κ2) is 12.2. The molecule has 0 aromatic carbocycles. The second-order valence-corrected chi connectivity index (χ2v) is 10.4. The van der Waals surface area contributed by atoms with Crippen LogP contribution < -0.4 is 10.8 Å². The van der Waals surface area contributed by atoms with Crippen molar-refractivity contribution in [3.8, 4) is 0 Å². The van der Waals surface area contributed by atoms with E-state index >= 15 is 0 Å². The van der Waals surface area contributed by atoms with Gasteiger partial charge in [0.1, 0.15) is 23.7 Å². The number of rotatable bonds is 15. The monoisotopic (exact) mass is 500 g/mol. The normalized spacial score (nSPS) is 14.6. The van der Waals surface area contributed by atoms with Crippen LogP contribution in [-0.4, -0.2) is 67.8 Å². The molecule has 190 valence electrons. The maximum Gasteiger partial charge on any atom is 0.332 e. The maximum absolute atomic E-state index is 13.4. The number of fused-ring (bicyclic) bond motifs is 1. The first-order chi connectivity index (χ1) is 16.0. The number of unbranched alkanes of at least 4 members (excludes halogenated alkanes) is 2. The van der Waals surface area contributed by atoms with Crippen LogP contribution in [0.25, 0.3) is 11.2 Å². The number of hydrogen-bond donors (Lipinski definition) is 3. The molecule has 0 aliphatic carbocycles. The van der Waals surface area contributed by atoms with E-state index in [1.54, 1.807) is 11.5 Å². The van der Waals surface area contributed by atoms with Crippen molar-refractivity contribution in [2.75, 3.05) is 25.3 Å². The summed E-state index contributed by atoms with van der Waals surface area (Å²) < 4.78 is 31.2. The van der Waals surface area contributed by atoms with Gasteiger partial charge in [-0.1, -0.05) is 19.8 Å². The topological polar surface area (TPSA) is 181 Å². The predicted octanol–water partition coefficient (Wildman–Crippen LogP) is 2.17. The Bertz CT molecular complexity index is 1030. The molecule has 0 saturated heterocycles. The summed E-state index contributed by atoms with van der Waals surface area (Å²) in [6.07, 6.45) is 4.48. The molecular weight excluding hydrogens is 467 g/mol. The minimum absolute atomic E-state index is 0.231. The van der Waals surface area contributed by atoms with E-state index in [4.69, 9.17) is 19.7 Å². The Hall–Kier alpha value is -2.60. The van der Waals surface area contributed by atoms with Crippen molar-refractivity contribution in [1.82, 2.24) is 24.6 Å². The summed E-state index contributed by atoms with van der Waals surface area (Å²) >= 11 is 0. The van der Waals surface area contributed by atoms with Crippen LogP contribution in [0.15, 0.2) is 12.7 Å². The SMILES string of the molecule is CCCCCOC(=O)CO[P@](=O)(CO[C@H](C)Cn1cnc2c(N)ncnc21)NC(C)(C)C(=O)O. The first-order valence-corrected chi connectivity index (χ1v) is 12.7. The summed E-state index contributed by atoms with van der Waals surface area (Å²) in [6.45, 7) is 6.33. The van der Waals surface area contributed by atoms with Crippen LogP contribution in [0.1, 0.15) is 47.0 Å². The third kappa shape index (κ3) is 8.01. The van der Waals surface area contributed by atoms with Gasteiger partial charge in [0.25, 0.3) is 7.52 Å². The largest absolute Gasteiger partial charge is 0.480 e. The molecule has 2 atom stereocenters. The van der Waals surface area contributed by atoms with Crippen molar-refractivity contribution in [2.45, 2.75) is 65.1 Å². The number of aliphatic carboxylic acids is 1. The zero-order valence-corrected chi connectivity index (χ0v) is 20.8. The smallest absolute Gasteiger partial charge is 0.332 e. The van der Waals surface area contributed by atoms with E-state index in [0.29, 0.717) is 17.6 Å². The molecular formula is C20H33N6O7P. The Morgan fingerprint density at radius 2 is 2.03 bits per heavy atom. The van der Waals surface area contributed by atoms with E-state index in [-0.39, 0.29) is 19.0 Å². The van der Waals surface area contributed by atoms with Gasteiger partial charge >= 0.3 is 11.9 Å². The van der Waals surface area contributed by atoms with Crippen LogP contribution >= 0.6 is 7.52 Å². The highest BCUT2D eigenvalue weighted by Crippen LogP contribution is 2.45.